The number of hydrogen-bond acceptors (Lipinski definition) is 7. The van der Waals surface area contributed by atoms with Crippen LogP contribution in [0.4, 0.5) is 4.39 Å². The highest BCUT2D eigenvalue weighted by atomic mass is 32.2. The first-order chi connectivity index (χ1) is 18.4. The van der Waals surface area contributed by atoms with Crippen molar-refractivity contribution in [2.24, 2.45) is 5.16 Å². The van der Waals surface area contributed by atoms with Crippen LogP contribution in [0.3, 0.4) is 0 Å². The Morgan fingerprint density at radius 3 is 2.76 bits per heavy atom. The molecular formula is C29H31FN4O3S. The topological polar surface area (TPSA) is 72.1 Å². The Balaban J connectivity index is 1.43. The van der Waals surface area contributed by atoms with Gasteiger partial charge >= 0.3 is 0 Å². The molecule has 4 heterocycles. The second-order valence-electron chi connectivity index (χ2n) is 10.3. The number of hydrogen-bond donors (Lipinski definition) is 1. The second kappa shape index (κ2) is 9.78. The van der Waals surface area contributed by atoms with Crippen molar-refractivity contribution in [3.8, 4) is 11.4 Å². The third-order valence-electron chi connectivity index (χ3n) is 7.84. The van der Waals surface area contributed by atoms with Gasteiger partial charge in [0.15, 0.2) is 5.84 Å². The second-order valence-corrected chi connectivity index (χ2v) is 11.9. The monoisotopic (exact) mass is 534 g/mol. The SMILES string of the molecule is COc1cc(C=C2CC3(CCCS3)CN3C2=NOCC3(CO)c2ccc(F)cc2)ccc1-n1cnc(C)c1. The van der Waals surface area contributed by atoms with E-state index in [9.17, 15) is 9.50 Å². The smallest absolute Gasteiger partial charge is 0.172 e. The number of amidine groups is 1. The molecule has 0 saturated carbocycles. The molecule has 1 N–H and O–H groups in total. The van der Waals surface area contributed by atoms with Crippen molar-refractivity contribution >= 4 is 23.7 Å². The van der Waals surface area contributed by atoms with Crippen LogP contribution in [0.2, 0.25) is 0 Å². The van der Waals surface area contributed by atoms with E-state index < -0.39 is 5.54 Å². The molecule has 198 valence electrons. The summed E-state index contributed by atoms with van der Waals surface area (Å²) in [4.78, 5) is 12.3. The van der Waals surface area contributed by atoms with E-state index in [1.165, 1.54) is 12.1 Å². The summed E-state index contributed by atoms with van der Waals surface area (Å²) in [6.07, 6.45) is 9.00. The van der Waals surface area contributed by atoms with Crippen molar-refractivity contribution < 1.29 is 19.1 Å². The Bertz CT molecular complexity index is 1400. The highest BCUT2D eigenvalue weighted by Gasteiger charge is 2.52. The first kappa shape index (κ1) is 25.0. The number of aliphatic hydroxyl groups excluding tert-OH is 1. The summed E-state index contributed by atoms with van der Waals surface area (Å²) in [5.41, 5.74) is 3.86. The van der Waals surface area contributed by atoms with E-state index in [1.54, 1.807) is 25.6 Å². The molecule has 2 fully saturated rings. The summed E-state index contributed by atoms with van der Waals surface area (Å²) >= 11 is 2.00. The third kappa shape index (κ3) is 4.27. The molecule has 6 rings (SSSR count). The number of aryl methyl sites for hydroxylation is 1. The van der Waals surface area contributed by atoms with E-state index in [0.717, 1.165) is 71.2 Å². The maximum absolute atomic E-state index is 13.8. The van der Waals surface area contributed by atoms with Crippen LogP contribution in [-0.2, 0) is 10.4 Å². The lowest BCUT2D eigenvalue weighted by Gasteiger charge is -2.53. The van der Waals surface area contributed by atoms with Crippen LogP contribution in [0.15, 0.2) is 65.7 Å². The number of piperidine rings is 1. The summed E-state index contributed by atoms with van der Waals surface area (Å²) in [6, 6.07) is 12.5. The predicted octanol–water partition coefficient (Wildman–Crippen LogP) is 4.91. The van der Waals surface area contributed by atoms with E-state index in [2.05, 4.69) is 27.2 Å². The normalized spacial score (nSPS) is 25.8. The minimum absolute atomic E-state index is 0.0149. The zero-order valence-electron chi connectivity index (χ0n) is 21.6. The average Bonchev–Trinajstić information content (AvgIpc) is 3.57. The molecule has 0 aliphatic carbocycles. The molecule has 3 aliphatic heterocycles. The lowest BCUT2D eigenvalue weighted by Crippen LogP contribution is -2.63. The van der Waals surface area contributed by atoms with E-state index in [1.807, 2.05) is 41.6 Å². The largest absolute Gasteiger partial charge is 0.495 e. The van der Waals surface area contributed by atoms with Gasteiger partial charge in [0.1, 0.15) is 23.7 Å². The number of methoxy groups -OCH3 is 1. The van der Waals surface area contributed by atoms with Gasteiger partial charge < -0.3 is 24.1 Å². The fraction of sp³-hybridized carbons (Fsp3) is 0.379. The van der Waals surface area contributed by atoms with Gasteiger partial charge in [0, 0.05) is 23.1 Å². The number of rotatable bonds is 5. The van der Waals surface area contributed by atoms with Crippen LogP contribution in [0.5, 0.6) is 5.75 Å². The van der Waals surface area contributed by atoms with Gasteiger partial charge in [-0.2, -0.15) is 11.8 Å². The molecule has 1 spiro atoms. The standard InChI is InChI=1S/C29H31FN4O3S/c1-20-15-33(19-31-20)25-9-4-21(13-26(25)36-2)12-22-14-28(10-3-11-38-28)16-34-27(22)32-37-18-29(34,17-35)23-5-7-24(30)8-6-23/h4-9,12-13,15,19,35H,3,10-11,14,16-18H2,1-2H3. The molecule has 2 saturated heterocycles. The average molecular weight is 535 g/mol. The lowest BCUT2D eigenvalue weighted by atomic mass is 9.81. The Kier molecular flexibility index (Phi) is 6.44. The zero-order valence-corrected chi connectivity index (χ0v) is 22.4. The molecule has 1 aromatic heterocycles. The molecule has 2 aromatic carbocycles. The number of thioether (sulfide) groups is 1. The maximum Gasteiger partial charge on any atom is 0.172 e. The maximum atomic E-state index is 13.8. The zero-order chi connectivity index (χ0) is 26.3. The summed E-state index contributed by atoms with van der Waals surface area (Å²) in [5, 5.41) is 15.3. The van der Waals surface area contributed by atoms with Crippen LogP contribution < -0.4 is 4.74 Å². The quantitative estimate of drug-likeness (QED) is 0.501. The molecule has 3 aromatic rings. The summed E-state index contributed by atoms with van der Waals surface area (Å²) < 4.78 is 21.5. The Morgan fingerprint density at radius 1 is 1.24 bits per heavy atom. The van der Waals surface area contributed by atoms with Gasteiger partial charge in [-0.3, -0.25) is 0 Å². The van der Waals surface area contributed by atoms with Crippen molar-refractivity contribution in [1.82, 2.24) is 14.5 Å². The minimum atomic E-state index is -0.846. The lowest BCUT2D eigenvalue weighted by molar-refractivity contribution is -0.0418. The molecule has 2 atom stereocenters. The molecule has 0 radical (unpaired) electrons. The molecule has 3 aliphatic rings. The molecule has 2 unspecified atom stereocenters. The number of aromatic nitrogens is 2. The van der Waals surface area contributed by atoms with Gasteiger partial charge in [0.2, 0.25) is 0 Å². The van der Waals surface area contributed by atoms with E-state index in [4.69, 9.17) is 9.57 Å². The molecule has 7 nitrogen and oxygen atoms in total. The van der Waals surface area contributed by atoms with Crippen LogP contribution >= 0.6 is 11.8 Å². The van der Waals surface area contributed by atoms with E-state index >= 15 is 0 Å². The number of oxime groups is 1. The van der Waals surface area contributed by atoms with Crippen LogP contribution in [-0.4, -0.2) is 62.8 Å². The highest BCUT2D eigenvalue weighted by Crippen LogP contribution is 2.50. The van der Waals surface area contributed by atoms with Crippen LogP contribution in [0.25, 0.3) is 11.8 Å². The Morgan fingerprint density at radius 2 is 2.08 bits per heavy atom. The molecule has 38 heavy (non-hydrogen) atoms. The fourth-order valence-corrected chi connectivity index (χ4v) is 7.35. The first-order valence-electron chi connectivity index (χ1n) is 12.8. The van der Waals surface area contributed by atoms with Gasteiger partial charge in [0.25, 0.3) is 0 Å². The van der Waals surface area contributed by atoms with Gasteiger partial charge in [-0.25, -0.2) is 9.37 Å². The Hall–Kier alpha value is -3.30. The van der Waals surface area contributed by atoms with Gasteiger partial charge in [-0.1, -0.05) is 23.4 Å². The number of halogens is 1. The molecular weight excluding hydrogens is 503 g/mol. The van der Waals surface area contributed by atoms with Gasteiger partial charge in [-0.15, -0.1) is 0 Å². The molecule has 9 heteroatoms. The summed E-state index contributed by atoms with van der Waals surface area (Å²) in [5.74, 6) is 2.27. The predicted molar refractivity (Wildman–Crippen MR) is 147 cm³/mol. The van der Waals surface area contributed by atoms with Crippen molar-refractivity contribution in [2.75, 3.05) is 32.6 Å². The molecule has 0 amide bonds. The first-order valence-corrected chi connectivity index (χ1v) is 13.8. The number of fused-ring (bicyclic) bond motifs is 1. The summed E-state index contributed by atoms with van der Waals surface area (Å²) in [7, 11) is 1.67. The fourth-order valence-electron chi connectivity index (χ4n) is 5.87. The number of benzene rings is 2. The van der Waals surface area contributed by atoms with Crippen LogP contribution in [0.1, 0.15) is 36.1 Å². The number of imidazole rings is 1. The number of nitrogens with zero attached hydrogens (tertiary/aromatic N) is 4. The van der Waals surface area contributed by atoms with Crippen molar-refractivity contribution in [2.45, 2.75) is 36.5 Å². The van der Waals surface area contributed by atoms with Crippen LogP contribution in [0, 0.1) is 12.7 Å². The van der Waals surface area contributed by atoms with Crippen molar-refractivity contribution in [3.05, 3.63) is 83.2 Å². The highest BCUT2D eigenvalue weighted by molar-refractivity contribution is 8.00. The third-order valence-corrected chi connectivity index (χ3v) is 9.42. The molecule has 0 bridgehead atoms. The number of aliphatic hydroxyl groups is 1. The number of ether oxygens (including phenoxy) is 1. The van der Waals surface area contributed by atoms with Gasteiger partial charge in [0.05, 0.1) is 31.4 Å². The van der Waals surface area contributed by atoms with Crippen molar-refractivity contribution in [3.63, 3.8) is 0 Å². The van der Waals surface area contributed by atoms with E-state index in [0.29, 0.717) is 0 Å². The van der Waals surface area contributed by atoms with Crippen molar-refractivity contribution in [1.29, 1.82) is 0 Å². The van der Waals surface area contributed by atoms with Gasteiger partial charge in [-0.05, 0) is 73.4 Å². The minimum Gasteiger partial charge on any atom is -0.495 e. The van der Waals surface area contributed by atoms with E-state index in [-0.39, 0.29) is 23.8 Å². The summed E-state index contributed by atoms with van der Waals surface area (Å²) in [6.45, 7) is 2.73. The Labute approximate surface area is 226 Å².